The third-order valence-corrected chi connectivity index (χ3v) is 4.28. The quantitative estimate of drug-likeness (QED) is 0.732. The average Bonchev–Trinajstić information content (AvgIpc) is 3.16. The Morgan fingerprint density at radius 2 is 2.16 bits per heavy atom. The number of rotatable bonds is 3. The van der Waals surface area contributed by atoms with E-state index in [0.717, 1.165) is 12.8 Å². The number of hydrogen-bond donors (Lipinski definition) is 2. The van der Waals surface area contributed by atoms with E-state index in [2.05, 4.69) is 10.5 Å². The molecule has 0 spiro atoms. The molecule has 2 heterocycles. The second-order valence-electron chi connectivity index (χ2n) is 5.87. The Morgan fingerprint density at radius 1 is 1.47 bits per heavy atom. The lowest BCUT2D eigenvalue weighted by molar-refractivity contribution is -0.137. The number of Topliss-reactive ketones (excluding diaryl/α,β-unsaturated/α-hetero) is 1. The van der Waals surface area contributed by atoms with Crippen LogP contribution in [0, 0.1) is 5.92 Å². The second-order valence-corrected chi connectivity index (χ2v) is 5.87. The highest BCUT2D eigenvalue weighted by Gasteiger charge is 2.41. The molecule has 104 valence electrons. The highest BCUT2D eigenvalue weighted by Crippen LogP contribution is 2.34. The maximum atomic E-state index is 11.9. The first-order chi connectivity index (χ1) is 9.07. The maximum Gasteiger partial charge on any atom is 0.225 e. The molecule has 0 aromatic rings. The lowest BCUT2D eigenvalue weighted by Crippen LogP contribution is -2.50. The van der Waals surface area contributed by atoms with Crippen LogP contribution in [0.2, 0.25) is 0 Å². The van der Waals surface area contributed by atoms with Gasteiger partial charge in [-0.25, -0.2) is 0 Å². The third kappa shape index (κ3) is 2.63. The topological polar surface area (TPSA) is 82.0 Å². The zero-order valence-corrected chi connectivity index (χ0v) is 10.8. The number of hydrogen-bond acceptors (Lipinski definition) is 5. The first kappa shape index (κ1) is 12.6. The van der Waals surface area contributed by atoms with Crippen LogP contribution >= 0.6 is 0 Å². The predicted molar refractivity (Wildman–Crippen MR) is 68.5 cm³/mol. The maximum absolute atomic E-state index is 11.9. The summed E-state index contributed by atoms with van der Waals surface area (Å²) in [6, 6.07) is -0.407. The van der Waals surface area contributed by atoms with Gasteiger partial charge in [0.1, 0.15) is 6.04 Å². The summed E-state index contributed by atoms with van der Waals surface area (Å²) in [4.78, 5) is 25.3. The van der Waals surface area contributed by atoms with Crippen molar-refractivity contribution in [2.75, 3.05) is 13.1 Å². The van der Waals surface area contributed by atoms with Gasteiger partial charge >= 0.3 is 0 Å². The normalized spacial score (nSPS) is 29.4. The van der Waals surface area contributed by atoms with Crippen molar-refractivity contribution in [1.82, 2.24) is 10.3 Å². The zero-order valence-electron chi connectivity index (χ0n) is 10.8. The van der Waals surface area contributed by atoms with Gasteiger partial charge in [0, 0.05) is 25.4 Å². The van der Waals surface area contributed by atoms with Crippen LogP contribution in [-0.2, 0) is 9.59 Å². The van der Waals surface area contributed by atoms with Gasteiger partial charge in [-0.05, 0) is 25.7 Å². The number of hydrazone groups is 1. The third-order valence-electron chi connectivity index (χ3n) is 4.28. The first-order valence-corrected chi connectivity index (χ1v) is 6.91. The van der Waals surface area contributed by atoms with Crippen LogP contribution < -0.4 is 5.43 Å². The lowest BCUT2D eigenvalue weighted by Gasteiger charge is -2.39. The van der Waals surface area contributed by atoms with Crippen molar-refractivity contribution in [3.8, 4) is 0 Å². The lowest BCUT2D eigenvalue weighted by atomic mass is 9.84. The molecule has 2 fully saturated rings. The highest BCUT2D eigenvalue weighted by atomic mass is 16.3. The van der Waals surface area contributed by atoms with Gasteiger partial charge in [-0.2, -0.15) is 5.10 Å². The van der Waals surface area contributed by atoms with Crippen LogP contribution in [0.4, 0.5) is 0 Å². The van der Waals surface area contributed by atoms with Crippen molar-refractivity contribution in [3.63, 3.8) is 0 Å². The molecule has 6 nitrogen and oxygen atoms in total. The largest absolute Gasteiger partial charge is 0.390 e. The second kappa shape index (κ2) is 4.59. The summed E-state index contributed by atoms with van der Waals surface area (Å²) in [5, 5.41) is 14.2. The van der Waals surface area contributed by atoms with Crippen molar-refractivity contribution in [3.05, 3.63) is 0 Å². The van der Waals surface area contributed by atoms with Crippen LogP contribution in [0.1, 0.15) is 32.1 Å². The molecule has 1 saturated carbocycles. The number of likely N-dealkylation sites (tertiary alicyclic amines) is 1. The molecule has 6 heteroatoms. The molecule has 1 aliphatic carbocycles. The van der Waals surface area contributed by atoms with E-state index in [1.54, 1.807) is 0 Å². The summed E-state index contributed by atoms with van der Waals surface area (Å²) < 4.78 is 0. The minimum absolute atomic E-state index is 0.0788. The fourth-order valence-corrected chi connectivity index (χ4v) is 2.81. The number of piperidine rings is 1. The van der Waals surface area contributed by atoms with Gasteiger partial charge < -0.3 is 10.0 Å². The van der Waals surface area contributed by atoms with E-state index >= 15 is 0 Å². The molecule has 1 atom stereocenters. The Kier molecular flexibility index (Phi) is 3.05. The van der Waals surface area contributed by atoms with Gasteiger partial charge in [-0.3, -0.25) is 15.0 Å². The molecule has 19 heavy (non-hydrogen) atoms. The molecular weight excluding hydrogens is 246 g/mol. The monoisotopic (exact) mass is 265 g/mol. The van der Waals surface area contributed by atoms with Gasteiger partial charge in [-0.1, -0.05) is 0 Å². The van der Waals surface area contributed by atoms with Gasteiger partial charge in [-0.15, -0.1) is 0 Å². The molecule has 3 aliphatic rings. The van der Waals surface area contributed by atoms with Crippen molar-refractivity contribution in [1.29, 1.82) is 0 Å². The van der Waals surface area contributed by atoms with E-state index in [-0.39, 0.29) is 17.6 Å². The van der Waals surface area contributed by atoms with E-state index < -0.39 is 11.6 Å². The van der Waals surface area contributed by atoms with Crippen LogP contribution in [-0.4, -0.2) is 52.6 Å². The molecule has 0 bridgehead atoms. The molecule has 1 saturated heterocycles. The van der Waals surface area contributed by atoms with Crippen molar-refractivity contribution in [2.24, 2.45) is 11.0 Å². The van der Waals surface area contributed by atoms with Crippen LogP contribution in [0.15, 0.2) is 5.10 Å². The van der Waals surface area contributed by atoms with E-state index in [9.17, 15) is 14.7 Å². The van der Waals surface area contributed by atoms with Gasteiger partial charge in [0.25, 0.3) is 0 Å². The Morgan fingerprint density at radius 3 is 2.68 bits per heavy atom. The summed E-state index contributed by atoms with van der Waals surface area (Å²) in [5.41, 5.74) is 1.86. The minimum atomic E-state index is -0.860. The smallest absolute Gasteiger partial charge is 0.225 e. The van der Waals surface area contributed by atoms with Crippen LogP contribution in [0.3, 0.4) is 0 Å². The molecule has 1 amide bonds. The number of nitrogens with zero attached hydrogens (tertiary/aromatic N) is 2. The Labute approximate surface area is 111 Å². The first-order valence-electron chi connectivity index (χ1n) is 6.91. The van der Waals surface area contributed by atoms with Crippen LogP contribution in [0.5, 0.6) is 0 Å². The summed E-state index contributed by atoms with van der Waals surface area (Å²) in [5.74, 6) is 0.392. The average molecular weight is 265 g/mol. The van der Waals surface area contributed by atoms with Crippen LogP contribution in [0.25, 0.3) is 0 Å². The summed E-state index contributed by atoms with van der Waals surface area (Å²) in [6.07, 6.45) is 4.74. The predicted octanol–water partition coefficient (Wildman–Crippen LogP) is -0.333. The number of amides is 1. The van der Waals surface area contributed by atoms with Gasteiger partial charge in [0.05, 0.1) is 11.8 Å². The summed E-state index contributed by atoms with van der Waals surface area (Å²) in [6.45, 7) is 1.18. The molecule has 3 rings (SSSR count). The Hall–Kier alpha value is -1.43. The fourth-order valence-electron chi connectivity index (χ4n) is 2.81. The number of ketones is 1. The van der Waals surface area contributed by atoms with Gasteiger partial charge in [0.2, 0.25) is 5.91 Å². The molecule has 0 radical (unpaired) electrons. The Bertz CT molecular complexity index is 423. The number of aliphatic hydroxyl groups is 1. The number of carbonyl (C=O) groups is 2. The van der Waals surface area contributed by atoms with Gasteiger partial charge in [0.15, 0.2) is 5.78 Å². The fraction of sp³-hybridized carbons (Fsp3) is 0.769. The van der Waals surface area contributed by atoms with E-state index in [0.29, 0.717) is 32.4 Å². The SMILES string of the molecule is O=C1C=NNC1CC1(O)CCN(C(=O)C2CC2)CC1. The van der Waals surface area contributed by atoms with E-state index in [4.69, 9.17) is 0 Å². The molecule has 1 unspecified atom stereocenters. The summed E-state index contributed by atoms with van der Waals surface area (Å²) >= 11 is 0. The molecular formula is C13H19N3O3. The van der Waals surface area contributed by atoms with E-state index in [1.807, 2.05) is 4.90 Å². The number of nitrogens with one attached hydrogen (secondary N) is 1. The molecule has 2 aliphatic heterocycles. The van der Waals surface area contributed by atoms with Crippen molar-refractivity contribution in [2.45, 2.75) is 43.7 Å². The van der Waals surface area contributed by atoms with Crippen molar-refractivity contribution >= 4 is 17.9 Å². The standard InChI is InChI=1S/C13H19N3O3/c17-11-8-14-15-10(11)7-13(19)3-5-16(6-4-13)12(18)9-1-2-9/h8-10,15,19H,1-7H2. The number of carbonyl (C=O) groups excluding carboxylic acids is 2. The summed E-state index contributed by atoms with van der Waals surface area (Å²) in [7, 11) is 0. The van der Waals surface area contributed by atoms with E-state index in [1.165, 1.54) is 6.21 Å². The zero-order chi connectivity index (χ0) is 13.5. The van der Waals surface area contributed by atoms with Crippen molar-refractivity contribution < 1.29 is 14.7 Å². The molecule has 2 N–H and O–H groups in total. The minimum Gasteiger partial charge on any atom is -0.390 e. The molecule has 0 aromatic carbocycles. The highest BCUT2D eigenvalue weighted by molar-refractivity contribution is 6.31. The Balaban J connectivity index is 1.53. The molecule has 0 aromatic heterocycles.